The van der Waals surface area contributed by atoms with Crippen LogP contribution in [0, 0.1) is 11.8 Å². The second-order valence-corrected chi connectivity index (χ2v) is 8.83. The third-order valence-electron chi connectivity index (χ3n) is 6.66. The van der Waals surface area contributed by atoms with Crippen LogP contribution in [0.5, 0.6) is 17.2 Å². The van der Waals surface area contributed by atoms with Crippen LogP contribution in [-0.4, -0.2) is 57.8 Å². The van der Waals surface area contributed by atoms with Gasteiger partial charge in [-0.1, -0.05) is 13.3 Å². The minimum atomic E-state index is -0.561. The van der Waals surface area contributed by atoms with Crippen LogP contribution >= 0.6 is 0 Å². The quantitative estimate of drug-likeness (QED) is 0.789. The summed E-state index contributed by atoms with van der Waals surface area (Å²) in [6.07, 6.45) is 2.37. The second-order valence-electron chi connectivity index (χ2n) is 8.83. The highest BCUT2D eigenvalue weighted by atomic mass is 16.7. The van der Waals surface area contributed by atoms with E-state index in [-0.39, 0.29) is 18.8 Å². The maximum Gasteiger partial charge on any atom is 0.272 e. The first-order chi connectivity index (χ1) is 15.0. The van der Waals surface area contributed by atoms with Gasteiger partial charge in [0.15, 0.2) is 11.5 Å². The van der Waals surface area contributed by atoms with Crippen molar-refractivity contribution in [3.05, 3.63) is 35.7 Å². The standard InChI is InChI=1S/C23H29N3O5/c1-3-4-16-9-18(25(2)24-16)23(28)26-11-14-7-19(27)21(8-15(14)12-26)31-17-5-6-20-22(10-17)30-13-29-20/h5-6,9-10,14-15,19,21,27H,3-4,7-8,11-13H2,1-2H3/t14-,15+,19+,21+/m0/s1. The fourth-order valence-electron chi connectivity index (χ4n) is 5.07. The number of benzene rings is 1. The minimum absolute atomic E-state index is 0.0227. The van der Waals surface area contributed by atoms with E-state index in [0.29, 0.717) is 54.3 Å². The number of rotatable bonds is 5. The van der Waals surface area contributed by atoms with Crippen LogP contribution in [-0.2, 0) is 13.5 Å². The predicted molar refractivity (Wildman–Crippen MR) is 112 cm³/mol. The smallest absolute Gasteiger partial charge is 0.272 e. The lowest BCUT2D eigenvalue weighted by Gasteiger charge is -2.35. The van der Waals surface area contributed by atoms with E-state index < -0.39 is 6.10 Å². The van der Waals surface area contributed by atoms with Crippen molar-refractivity contribution in [1.82, 2.24) is 14.7 Å². The molecule has 31 heavy (non-hydrogen) atoms. The Morgan fingerprint density at radius 3 is 2.77 bits per heavy atom. The largest absolute Gasteiger partial charge is 0.488 e. The molecule has 0 radical (unpaired) electrons. The Bertz CT molecular complexity index is 974. The Morgan fingerprint density at radius 1 is 1.19 bits per heavy atom. The average Bonchev–Trinajstić information content (AvgIpc) is 3.46. The zero-order chi connectivity index (χ0) is 21.5. The Kier molecular flexibility index (Phi) is 5.25. The number of carbonyl (C=O) groups excluding carboxylic acids is 1. The molecule has 8 nitrogen and oxygen atoms in total. The number of amides is 1. The van der Waals surface area contributed by atoms with Crippen molar-refractivity contribution in [1.29, 1.82) is 0 Å². The molecule has 2 aliphatic heterocycles. The topological polar surface area (TPSA) is 86.0 Å². The van der Waals surface area contributed by atoms with Crippen molar-refractivity contribution in [2.24, 2.45) is 18.9 Å². The number of aromatic nitrogens is 2. The number of carbonyl (C=O) groups is 1. The molecular formula is C23H29N3O5. The molecule has 8 heteroatoms. The van der Waals surface area contributed by atoms with Crippen LogP contribution in [0.1, 0.15) is 42.4 Å². The zero-order valence-corrected chi connectivity index (χ0v) is 18.0. The molecule has 2 aromatic rings. The number of nitrogens with zero attached hydrogens (tertiary/aromatic N) is 3. The molecule has 0 unspecified atom stereocenters. The van der Waals surface area contributed by atoms with Gasteiger partial charge in [-0.15, -0.1) is 0 Å². The first-order valence-corrected chi connectivity index (χ1v) is 11.1. The molecule has 3 heterocycles. The highest BCUT2D eigenvalue weighted by molar-refractivity contribution is 5.93. The predicted octanol–water partition coefficient (Wildman–Crippen LogP) is 2.39. The summed E-state index contributed by atoms with van der Waals surface area (Å²) in [6, 6.07) is 7.38. The van der Waals surface area contributed by atoms with Crippen molar-refractivity contribution < 1.29 is 24.1 Å². The van der Waals surface area contributed by atoms with Crippen molar-refractivity contribution in [3.8, 4) is 17.2 Å². The lowest BCUT2D eigenvalue weighted by atomic mass is 9.78. The molecule has 1 N–H and O–H groups in total. The molecule has 166 valence electrons. The molecule has 1 amide bonds. The lowest BCUT2D eigenvalue weighted by Crippen LogP contribution is -2.42. The SMILES string of the molecule is CCCc1cc(C(=O)N2C[C@H]3C[C@@H](Oc4ccc5c(c4)OCO5)[C@H](O)C[C@H]3C2)n(C)n1. The van der Waals surface area contributed by atoms with Gasteiger partial charge in [-0.2, -0.15) is 5.10 Å². The van der Waals surface area contributed by atoms with E-state index >= 15 is 0 Å². The van der Waals surface area contributed by atoms with Gasteiger partial charge in [-0.05, 0) is 49.3 Å². The van der Waals surface area contributed by atoms with E-state index in [1.807, 2.05) is 36.2 Å². The van der Waals surface area contributed by atoms with Crippen molar-refractivity contribution in [2.45, 2.75) is 44.8 Å². The molecular weight excluding hydrogens is 398 g/mol. The monoisotopic (exact) mass is 427 g/mol. The van der Waals surface area contributed by atoms with Gasteiger partial charge >= 0.3 is 0 Å². The van der Waals surface area contributed by atoms with E-state index in [1.165, 1.54) is 0 Å². The van der Waals surface area contributed by atoms with Gasteiger partial charge < -0.3 is 24.2 Å². The lowest BCUT2D eigenvalue weighted by molar-refractivity contribution is -0.0232. The van der Waals surface area contributed by atoms with Gasteiger partial charge in [0.2, 0.25) is 6.79 Å². The summed E-state index contributed by atoms with van der Waals surface area (Å²) in [5.41, 5.74) is 1.59. The summed E-state index contributed by atoms with van der Waals surface area (Å²) >= 11 is 0. The van der Waals surface area contributed by atoms with Crippen molar-refractivity contribution in [2.75, 3.05) is 19.9 Å². The molecule has 5 rings (SSSR count). The Balaban J connectivity index is 1.25. The number of ether oxygens (including phenoxy) is 3. The fraction of sp³-hybridized carbons (Fsp3) is 0.565. The molecule has 1 aromatic carbocycles. The normalized spacial score (nSPS) is 26.7. The summed E-state index contributed by atoms with van der Waals surface area (Å²) in [6.45, 7) is 3.68. The number of hydrogen-bond acceptors (Lipinski definition) is 6. The third-order valence-corrected chi connectivity index (χ3v) is 6.66. The van der Waals surface area contributed by atoms with Gasteiger partial charge in [0.05, 0.1) is 11.8 Å². The van der Waals surface area contributed by atoms with E-state index in [1.54, 1.807) is 4.68 Å². The summed E-state index contributed by atoms with van der Waals surface area (Å²) in [7, 11) is 1.83. The molecule has 0 spiro atoms. The number of aliphatic hydroxyl groups excluding tert-OH is 1. The minimum Gasteiger partial charge on any atom is -0.488 e. The molecule has 1 aliphatic carbocycles. The Hall–Kier alpha value is -2.74. The van der Waals surface area contributed by atoms with E-state index in [9.17, 15) is 9.90 Å². The highest BCUT2D eigenvalue weighted by Gasteiger charge is 2.44. The number of aryl methyl sites for hydroxylation is 2. The van der Waals surface area contributed by atoms with Gasteiger partial charge in [0, 0.05) is 26.2 Å². The van der Waals surface area contributed by atoms with Crippen LogP contribution in [0.25, 0.3) is 0 Å². The van der Waals surface area contributed by atoms with Gasteiger partial charge in [-0.3, -0.25) is 9.48 Å². The second kappa shape index (κ2) is 8.07. The Labute approximate surface area is 181 Å². The highest BCUT2D eigenvalue weighted by Crippen LogP contribution is 2.40. The van der Waals surface area contributed by atoms with Gasteiger partial charge in [-0.25, -0.2) is 0 Å². The summed E-state index contributed by atoms with van der Waals surface area (Å²) in [5, 5.41) is 15.2. The van der Waals surface area contributed by atoms with Crippen LogP contribution in [0.2, 0.25) is 0 Å². The molecule has 4 atom stereocenters. The van der Waals surface area contributed by atoms with Crippen molar-refractivity contribution >= 4 is 5.91 Å². The molecule has 2 fully saturated rings. The summed E-state index contributed by atoms with van der Waals surface area (Å²) in [5.74, 6) is 2.66. The van der Waals surface area contributed by atoms with E-state index in [0.717, 1.165) is 25.0 Å². The Morgan fingerprint density at radius 2 is 1.97 bits per heavy atom. The van der Waals surface area contributed by atoms with Crippen LogP contribution in [0.3, 0.4) is 0 Å². The van der Waals surface area contributed by atoms with Gasteiger partial charge in [0.1, 0.15) is 17.5 Å². The number of aliphatic hydroxyl groups is 1. The summed E-state index contributed by atoms with van der Waals surface area (Å²) < 4.78 is 18.6. The number of hydrogen-bond donors (Lipinski definition) is 1. The van der Waals surface area contributed by atoms with Crippen LogP contribution in [0.15, 0.2) is 24.3 Å². The fourth-order valence-corrected chi connectivity index (χ4v) is 5.07. The summed E-state index contributed by atoms with van der Waals surface area (Å²) in [4.78, 5) is 15.1. The first kappa shape index (κ1) is 20.2. The molecule has 3 aliphatic rings. The average molecular weight is 428 g/mol. The van der Waals surface area contributed by atoms with E-state index in [2.05, 4.69) is 12.0 Å². The van der Waals surface area contributed by atoms with Crippen molar-refractivity contribution in [3.63, 3.8) is 0 Å². The maximum absolute atomic E-state index is 13.1. The zero-order valence-electron chi connectivity index (χ0n) is 18.0. The van der Waals surface area contributed by atoms with Crippen LogP contribution < -0.4 is 14.2 Å². The first-order valence-electron chi connectivity index (χ1n) is 11.1. The number of likely N-dealkylation sites (tertiary alicyclic amines) is 1. The van der Waals surface area contributed by atoms with E-state index in [4.69, 9.17) is 14.2 Å². The molecule has 0 bridgehead atoms. The third kappa shape index (κ3) is 3.84. The molecule has 1 saturated carbocycles. The maximum atomic E-state index is 13.1. The van der Waals surface area contributed by atoms with Gasteiger partial charge in [0.25, 0.3) is 5.91 Å². The van der Waals surface area contributed by atoms with Crippen LogP contribution in [0.4, 0.5) is 0 Å². The molecule has 1 saturated heterocycles. The molecule has 1 aromatic heterocycles. The number of fused-ring (bicyclic) bond motifs is 2.